The first-order chi connectivity index (χ1) is 7.15. The van der Waals surface area contributed by atoms with Crippen LogP contribution in [0.4, 0.5) is 14.9 Å². The van der Waals surface area contributed by atoms with Gasteiger partial charge in [0, 0.05) is 12.8 Å². The summed E-state index contributed by atoms with van der Waals surface area (Å²) < 4.78 is 17.4. The molecule has 0 radical (unpaired) electrons. The molecule has 0 aromatic heterocycles. The average Bonchev–Trinajstić information content (AvgIpc) is 2.21. The first-order valence-corrected chi connectivity index (χ1v) is 4.40. The minimum atomic E-state index is -1.08. The Hall–Kier alpha value is -1.62. The molecule has 1 amide bonds. The van der Waals surface area contributed by atoms with Crippen LogP contribution in [0.15, 0.2) is 24.3 Å². The van der Waals surface area contributed by atoms with Gasteiger partial charge in [-0.2, -0.15) is 0 Å². The number of benzene rings is 1. The number of rotatable bonds is 4. The lowest BCUT2D eigenvalue weighted by Crippen LogP contribution is -2.32. The number of amides is 1. The van der Waals surface area contributed by atoms with Crippen LogP contribution in [0.5, 0.6) is 0 Å². The van der Waals surface area contributed by atoms with Crippen LogP contribution in [-0.2, 0) is 4.74 Å². The lowest BCUT2D eigenvalue weighted by Gasteiger charge is -2.18. The van der Waals surface area contributed by atoms with Crippen LogP contribution in [0.25, 0.3) is 0 Å². The van der Waals surface area contributed by atoms with Crippen LogP contribution in [0, 0.1) is 5.82 Å². The summed E-state index contributed by atoms with van der Waals surface area (Å²) in [5, 5.41) is 8.90. The number of nitrogens with zero attached hydrogens (tertiary/aromatic N) is 1. The van der Waals surface area contributed by atoms with Crippen molar-refractivity contribution >= 4 is 11.8 Å². The number of anilines is 1. The van der Waals surface area contributed by atoms with E-state index >= 15 is 0 Å². The molecule has 0 aliphatic rings. The summed E-state index contributed by atoms with van der Waals surface area (Å²) in [5.41, 5.74) is 0.431. The highest BCUT2D eigenvalue weighted by Gasteiger charge is 2.13. The molecule has 0 saturated heterocycles. The Morgan fingerprint density at radius 1 is 1.47 bits per heavy atom. The highest BCUT2D eigenvalue weighted by molar-refractivity contribution is 5.85. The predicted octanol–water partition coefficient (Wildman–Crippen LogP) is 1.96. The van der Waals surface area contributed by atoms with Crippen molar-refractivity contribution in [2.45, 2.75) is 0 Å². The average molecular weight is 213 g/mol. The van der Waals surface area contributed by atoms with Crippen LogP contribution >= 0.6 is 0 Å². The molecule has 0 atom stereocenters. The van der Waals surface area contributed by atoms with E-state index in [1.54, 1.807) is 0 Å². The molecule has 1 N–H and O–H groups in total. The Morgan fingerprint density at radius 2 is 2.07 bits per heavy atom. The summed E-state index contributed by atoms with van der Waals surface area (Å²) in [6.07, 6.45) is -1.08. The molecule has 4 nitrogen and oxygen atoms in total. The molecule has 0 aliphatic heterocycles. The van der Waals surface area contributed by atoms with E-state index in [1.165, 1.54) is 31.4 Å². The maximum Gasteiger partial charge on any atom is 0.411 e. The van der Waals surface area contributed by atoms with E-state index in [2.05, 4.69) is 0 Å². The first-order valence-electron chi connectivity index (χ1n) is 4.40. The van der Waals surface area contributed by atoms with Gasteiger partial charge in [-0.25, -0.2) is 9.18 Å². The zero-order valence-corrected chi connectivity index (χ0v) is 8.31. The normalized spacial score (nSPS) is 10.0. The third-order valence-corrected chi connectivity index (χ3v) is 1.89. The minimum Gasteiger partial charge on any atom is -0.465 e. The summed E-state index contributed by atoms with van der Waals surface area (Å²) in [7, 11) is 1.49. The zero-order valence-electron chi connectivity index (χ0n) is 8.31. The van der Waals surface area contributed by atoms with Gasteiger partial charge < -0.3 is 9.84 Å². The van der Waals surface area contributed by atoms with Crippen molar-refractivity contribution in [2.75, 3.05) is 25.2 Å². The molecule has 0 spiro atoms. The molecule has 0 aliphatic carbocycles. The molecule has 1 aromatic carbocycles. The molecule has 0 saturated carbocycles. The topological polar surface area (TPSA) is 49.8 Å². The van der Waals surface area contributed by atoms with E-state index in [0.717, 1.165) is 4.90 Å². The quantitative estimate of drug-likeness (QED) is 0.831. The van der Waals surface area contributed by atoms with Crippen LogP contribution in [0.2, 0.25) is 0 Å². The molecule has 1 aromatic rings. The SMILES string of the molecule is COCCN(C(=O)O)c1ccc(F)cc1. The molecule has 0 unspecified atom stereocenters. The molecular formula is C10H12FNO3. The molecule has 1 rings (SSSR count). The summed E-state index contributed by atoms with van der Waals surface area (Å²) in [6, 6.07) is 5.27. The van der Waals surface area contributed by atoms with Crippen molar-refractivity contribution < 1.29 is 19.0 Å². The number of ether oxygens (including phenoxy) is 1. The molecule has 15 heavy (non-hydrogen) atoms. The fourth-order valence-electron chi connectivity index (χ4n) is 1.14. The molecule has 5 heteroatoms. The van der Waals surface area contributed by atoms with Crippen molar-refractivity contribution in [3.05, 3.63) is 30.1 Å². The number of methoxy groups -OCH3 is 1. The monoisotopic (exact) mass is 213 g/mol. The fraction of sp³-hybridized carbons (Fsp3) is 0.300. The molecule has 82 valence electrons. The third kappa shape index (κ3) is 3.21. The fourth-order valence-corrected chi connectivity index (χ4v) is 1.14. The summed E-state index contributed by atoms with van der Waals surface area (Å²) in [6.45, 7) is 0.515. The van der Waals surface area contributed by atoms with Gasteiger partial charge in [-0.15, -0.1) is 0 Å². The highest BCUT2D eigenvalue weighted by atomic mass is 19.1. The number of hydrogen-bond acceptors (Lipinski definition) is 2. The minimum absolute atomic E-state index is 0.220. The highest BCUT2D eigenvalue weighted by Crippen LogP contribution is 2.14. The second-order valence-corrected chi connectivity index (χ2v) is 2.90. The second-order valence-electron chi connectivity index (χ2n) is 2.90. The van der Waals surface area contributed by atoms with Gasteiger partial charge in [-0.05, 0) is 24.3 Å². The van der Waals surface area contributed by atoms with Crippen LogP contribution in [0.1, 0.15) is 0 Å². The smallest absolute Gasteiger partial charge is 0.411 e. The number of carbonyl (C=O) groups is 1. The van der Waals surface area contributed by atoms with Crippen LogP contribution in [-0.4, -0.2) is 31.5 Å². The van der Waals surface area contributed by atoms with Gasteiger partial charge in [0.1, 0.15) is 5.82 Å². The lowest BCUT2D eigenvalue weighted by atomic mass is 10.3. The summed E-state index contributed by atoms with van der Waals surface area (Å²) >= 11 is 0. The van der Waals surface area contributed by atoms with E-state index in [-0.39, 0.29) is 6.54 Å². The van der Waals surface area contributed by atoms with Gasteiger partial charge in [0.25, 0.3) is 0 Å². The van der Waals surface area contributed by atoms with E-state index in [1.807, 2.05) is 0 Å². The van der Waals surface area contributed by atoms with E-state index in [0.29, 0.717) is 12.3 Å². The predicted molar refractivity (Wildman–Crippen MR) is 53.6 cm³/mol. The third-order valence-electron chi connectivity index (χ3n) is 1.89. The standard InChI is InChI=1S/C10H12FNO3/c1-15-7-6-12(10(13)14)9-4-2-8(11)3-5-9/h2-5H,6-7H2,1H3,(H,13,14). The lowest BCUT2D eigenvalue weighted by molar-refractivity contribution is 0.186. The van der Waals surface area contributed by atoms with Gasteiger partial charge in [-0.3, -0.25) is 4.90 Å². The van der Waals surface area contributed by atoms with Crippen molar-refractivity contribution in [1.29, 1.82) is 0 Å². The Kier molecular flexibility index (Phi) is 4.05. The van der Waals surface area contributed by atoms with Crippen molar-refractivity contribution in [2.24, 2.45) is 0 Å². The van der Waals surface area contributed by atoms with Gasteiger partial charge in [-0.1, -0.05) is 0 Å². The zero-order chi connectivity index (χ0) is 11.3. The Morgan fingerprint density at radius 3 is 2.53 bits per heavy atom. The van der Waals surface area contributed by atoms with Gasteiger partial charge >= 0.3 is 6.09 Å². The first kappa shape index (κ1) is 11.5. The largest absolute Gasteiger partial charge is 0.465 e. The molecular weight excluding hydrogens is 201 g/mol. The van der Waals surface area contributed by atoms with Crippen molar-refractivity contribution in [1.82, 2.24) is 0 Å². The van der Waals surface area contributed by atoms with Crippen molar-refractivity contribution in [3.8, 4) is 0 Å². The number of carboxylic acid groups (broad SMARTS) is 1. The Labute approximate surface area is 86.9 Å². The maximum absolute atomic E-state index is 12.6. The molecule has 0 fully saturated rings. The molecule has 0 heterocycles. The van der Waals surface area contributed by atoms with Crippen LogP contribution < -0.4 is 4.90 Å². The van der Waals surface area contributed by atoms with Crippen molar-refractivity contribution in [3.63, 3.8) is 0 Å². The van der Waals surface area contributed by atoms with E-state index < -0.39 is 11.9 Å². The van der Waals surface area contributed by atoms with Gasteiger partial charge in [0.2, 0.25) is 0 Å². The molecule has 0 bridgehead atoms. The Balaban J connectivity index is 2.79. The van der Waals surface area contributed by atoms with Gasteiger partial charge in [0.15, 0.2) is 0 Å². The van der Waals surface area contributed by atoms with E-state index in [9.17, 15) is 9.18 Å². The maximum atomic E-state index is 12.6. The summed E-state index contributed by atoms with van der Waals surface area (Å²) in [5.74, 6) is -0.393. The second kappa shape index (κ2) is 5.31. The van der Waals surface area contributed by atoms with Crippen LogP contribution in [0.3, 0.4) is 0 Å². The number of hydrogen-bond donors (Lipinski definition) is 1. The van der Waals surface area contributed by atoms with Gasteiger partial charge in [0.05, 0.1) is 13.2 Å². The number of halogens is 1. The Bertz CT molecular complexity index is 326. The van der Waals surface area contributed by atoms with E-state index in [4.69, 9.17) is 9.84 Å². The summed E-state index contributed by atoms with van der Waals surface area (Å²) in [4.78, 5) is 12.0.